The summed E-state index contributed by atoms with van der Waals surface area (Å²) in [7, 11) is 0. The average Bonchev–Trinajstić information content (AvgIpc) is 2.53. The molecule has 0 fully saturated rings. The van der Waals surface area contributed by atoms with Crippen molar-refractivity contribution < 1.29 is 5.11 Å². The van der Waals surface area contributed by atoms with Crippen LogP contribution in [-0.4, -0.2) is 10.1 Å². The molecule has 0 aliphatic rings. The van der Waals surface area contributed by atoms with Crippen molar-refractivity contribution >= 4 is 22.5 Å². The molecular formula is C9H8ClNO. The quantitative estimate of drug-likeness (QED) is 0.696. The lowest BCUT2D eigenvalue weighted by Crippen LogP contribution is -1.84. The highest BCUT2D eigenvalue weighted by Crippen LogP contribution is 2.26. The fourth-order valence-electron chi connectivity index (χ4n) is 1.26. The molecular weight excluding hydrogens is 174 g/mol. The largest absolute Gasteiger partial charge is 0.392 e. The van der Waals surface area contributed by atoms with Crippen LogP contribution in [0.5, 0.6) is 0 Å². The van der Waals surface area contributed by atoms with Crippen LogP contribution in [-0.2, 0) is 6.61 Å². The Balaban J connectivity index is 2.78. The van der Waals surface area contributed by atoms with E-state index < -0.39 is 0 Å². The first-order chi connectivity index (χ1) is 5.83. The van der Waals surface area contributed by atoms with Crippen molar-refractivity contribution in [1.29, 1.82) is 0 Å². The van der Waals surface area contributed by atoms with Gasteiger partial charge in [-0.3, -0.25) is 0 Å². The summed E-state index contributed by atoms with van der Waals surface area (Å²) in [5.41, 5.74) is 1.76. The third kappa shape index (κ3) is 1.00. The summed E-state index contributed by atoms with van der Waals surface area (Å²) in [5.74, 6) is 0. The van der Waals surface area contributed by atoms with Crippen molar-refractivity contribution in [3.8, 4) is 0 Å². The normalized spacial score (nSPS) is 10.8. The Kier molecular flexibility index (Phi) is 1.79. The molecule has 0 aliphatic carbocycles. The molecule has 12 heavy (non-hydrogen) atoms. The lowest BCUT2D eigenvalue weighted by Gasteiger charge is -2.00. The third-order valence-electron chi connectivity index (χ3n) is 1.92. The van der Waals surface area contributed by atoms with Crippen LogP contribution in [0.2, 0.25) is 5.02 Å². The molecule has 0 atom stereocenters. The summed E-state index contributed by atoms with van der Waals surface area (Å²) in [6.07, 6.45) is 1.83. The summed E-state index contributed by atoms with van der Waals surface area (Å²) in [6, 6.07) is 5.63. The third-order valence-corrected chi connectivity index (χ3v) is 2.37. The van der Waals surface area contributed by atoms with Crippen LogP contribution in [0.3, 0.4) is 0 Å². The highest BCUT2D eigenvalue weighted by Gasteiger charge is 2.03. The number of benzene rings is 1. The van der Waals surface area contributed by atoms with Crippen LogP contribution in [0, 0.1) is 0 Å². The molecule has 0 radical (unpaired) electrons. The summed E-state index contributed by atoms with van der Waals surface area (Å²) in [4.78, 5) is 3.05. The molecule has 0 saturated heterocycles. The molecule has 1 heterocycles. The molecule has 1 aromatic heterocycles. The topological polar surface area (TPSA) is 36.0 Å². The van der Waals surface area contributed by atoms with E-state index in [1.54, 1.807) is 0 Å². The van der Waals surface area contributed by atoms with Crippen LogP contribution in [0.1, 0.15) is 5.56 Å². The first-order valence-electron chi connectivity index (χ1n) is 3.68. The van der Waals surface area contributed by atoms with Crippen LogP contribution >= 0.6 is 11.6 Å². The van der Waals surface area contributed by atoms with Gasteiger partial charge >= 0.3 is 0 Å². The van der Waals surface area contributed by atoms with E-state index in [9.17, 15) is 0 Å². The van der Waals surface area contributed by atoms with Crippen molar-refractivity contribution in [2.75, 3.05) is 0 Å². The lowest BCUT2D eigenvalue weighted by molar-refractivity contribution is 0.282. The predicted octanol–water partition coefficient (Wildman–Crippen LogP) is 2.31. The molecule has 2 rings (SSSR count). The van der Waals surface area contributed by atoms with E-state index in [1.807, 2.05) is 24.4 Å². The van der Waals surface area contributed by atoms with Crippen LogP contribution in [0.25, 0.3) is 10.9 Å². The fourth-order valence-corrected chi connectivity index (χ4v) is 1.55. The summed E-state index contributed by atoms with van der Waals surface area (Å²) in [6.45, 7) is -0.0139. The van der Waals surface area contributed by atoms with E-state index in [4.69, 9.17) is 16.7 Å². The number of nitrogens with one attached hydrogen (secondary N) is 1. The van der Waals surface area contributed by atoms with Crippen molar-refractivity contribution in [1.82, 2.24) is 4.98 Å². The summed E-state index contributed by atoms with van der Waals surface area (Å²) >= 11 is 6.00. The Bertz CT molecular complexity index is 408. The van der Waals surface area contributed by atoms with Gasteiger partial charge in [-0.05, 0) is 17.7 Å². The lowest BCUT2D eigenvalue weighted by atomic mass is 10.2. The molecule has 62 valence electrons. The first kappa shape index (κ1) is 7.65. The van der Waals surface area contributed by atoms with E-state index in [-0.39, 0.29) is 6.61 Å². The van der Waals surface area contributed by atoms with Gasteiger partial charge in [-0.25, -0.2) is 0 Å². The Hall–Kier alpha value is -0.990. The number of aromatic amines is 1. The molecule has 2 aromatic rings. The Morgan fingerprint density at radius 1 is 1.33 bits per heavy atom. The minimum Gasteiger partial charge on any atom is -0.392 e. The van der Waals surface area contributed by atoms with E-state index in [1.165, 1.54) is 0 Å². The first-order valence-corrected chi connectivity index (χ1v) is 4.06. The number of halogens is 1. The van der Waals surface area contributed by atoms with Gasteiger partial charge in [-0.2, -0.15) is 0 Å². The van der Waals surface area contributed by atoms with E-state index in [0.717, 1.165) is 16.5 Å². The number of aromatic nitrogens is 1. The highest BCUT2D eigenvalue weighted by atomic mass is 35.5. The zero-order valence-electron chi connectivity index (χ0n) is 6.34. The van der Waals surface area contributed by atoms with Gasteiger partial charge in [0.2, 0.25) is 0 Å². The second kappa shape index (κ2) is 2.81. The van der Waals surface area contributed by atoms with Gasteiger partial charge in [0.05, 0.1) is 11.6 Å². The van der Waals surface area contributed by atoms with Gasteiger partial charge in [0.25, 0.3) is 0 Å². The van der Waals surface area contributed by atoms with Crippen molar-refractivity contribution in [3.63, 3.8) is 0 Å². The Labute approximate surface area is 74.8 Å². The van der Waals surface area contributed by atoms with Crippen molar-refractivity contribution in [2.24, 2.45) is 0 Å². The standard InChI is InChI=1S/C9H8ClNO/c10-9-6(5-12)1-2-8-7(9)3-4-11-8/h1-4,11-12H,5H2. The van der Waals surface area contributed by atoms with Crippen molar-refractivity contribution in [2.45, 2.75) is 6.61 Å². The minimum absolute atomic E-state index is 0.0139. The van der Waals surface area contributed by atoms with Gasteiger partial charge in [-0.15, -0.1) is 0 Å². The van der Waals surface area contributed by atoms with Gasteiger partial charge in [0, 0.05) is 17.1 Å². The number of H-pyrrole nitrogens is 1. The number of aliphatic hydroxyl groups is 1. The maximum absolute atomic E-state index is 8.92. The smallest absolute Gasteiger partial charge is 0.0696 e. The summed E-state index contributed by atoms with van der Waals surface area (Å²) < 4.78 is 0. The number of hydrogen-bond acceptors (Lipinski definition) is 1. The van der Waals surface area contributed by atoms with Crippen LogP contribution < -0.4 is 0 Å². The molecule has 0 aliphatic heterocycles. The predicted molar refractivity (Wildman–Crippen MR) is 49.2 cm³/mol. The minimum atomic E-state index is -0.0139. The summed E-state index contributed by atoms with van der Waals surface area (Å²) in [5, 5.41) is 10.5. The second-order valence-electron chi connectivity index (χ2n) is 2.64. The molecule has 0 amide bonds. The zero-order valence-corrected chi connectivity index (χ0v) is 7.10. The number of aliphatic hydroxyl groups excluding tert-OH is 1. The SMILES string of the molecule is OCc1ccc2[nH]ccc2c1Cl. The Morgan fingerprint density at radius 2 is 2.17 bits per heavy atom. The van der Waals surface area contributed by atoms with E-state index >= 15 is 0 Å². The number of fused-ring (bicyclic) bond motifs is 1. The fraction of sp³-hybridized carbons (Fsp3) is 0.111. The average molecular weight is 182 g/mol. The van der Waals surface area contributed by atoms with Crippen molar-refractivity contribution in [3.05, 3.63) is 35.0 Å². The molecule has 0 unspecified atom stereocenters. The molecule has 0 saturated carbocycles. The van der Waals surface area contributed by atoms with Crippen LogP contribution in [0.4, 0.5) is 0 Å². The van der Waals surface area contributed by atoms with Gasteiger partial charge in [0.1, 0.15) is 0 Å². The van der Waals surface area contributed by atoms with Gasteiger partial charge in [0.15, 0.2) is 0 Å². The van der Waals surface area contributed by atoms with Gasteiger partial charge in [-0.1, -0.05) is 17.7 Å². The monoisotopic (exact) mass is 181 g/mol. The number of hydrogen-bond donors (Lipinski definition) is 2. The van der Waals surface area contributed by atoms with E-state index in [2.05, 4.69) is 4.98 Å². The highest BCUT2D eigenvalue weighted by molar-refractivity contribution is 6.36. The van der Waals surface area contributed by atoms with Crippen LogP contribution in [0.15, 0.2) is 24.4 Å². The maximum Gasteiger partial charge on any atom is 0.0696 e. The molecule has 3 heteroatoms. The molecule has 0 bridgehead atoms. The zero-order chi connectivity index (χ0) is 8.55. The molecule has 2 N–H and O–H groups in total. The maximum atomic E-state index is 8.92. The van der Waals surface area contributed by atoms with E-state index in [0.29, 0.717) is 5.02 Å². The molecule has 1 aromatic carbocycles. The van der Waals surface area contributed by atoms with Gasteiger partial charge < -0.3 is 10.1 Å². The Morgan fingerprint density at radius 3 is 2.92 bits per heavy atom. The molecule has 0 spiro atoms. The second-order valence-corrected chi connectivity index (χ2v) is 3.01. The number of rotatable bonds is 1. The molecule has 2 nitrogen and oxygen atoms in total.